The number of carbonyl (C=O) groups is 3. The van der Waals surface area contributed by atoms with E-state index in [1.807, 2.05) is 31.2 Å². The summed E-state index contributed by atoms with van der Waals surface area (Å²) in [6.45, 7) is 2.87. The zero-order valence-corrected chi connectivity index (χ0v) is 19.9. The molecule has 0 saturated carbocycles. The SMILES string of the molecule is CCC[C@@H](NC(=O)CC1COCCC1NC(=O)OCC1c2ccccc2-c2ccccc21)C(=O)O. The number of rotatable bonds is 9. The normalized spacial score (nSPS) is 19.8. The summed E-state index contributed by atoms with van der Waals surface area (Å²) in [6.07, 6.45) is 1.11. The predicted molar refractivity (Wildman–Crippen MR) is 130 cm³/mol. The number of fused-ring (bicyclic) bond motifs is 3. The quantitative estimate of drug-likeness (QED) is 0.504. The maximum Gasteiger partial charge on any atom is 0.407 e. The Kier molecular flexibility index (Phi) is 8.02. The molecule has 0 aromatic heterocycles. The first-order chi connectivity index (χ1) is 17.0. The number of hydrogen-bond donors (Lipinski definition) is 3. The van der Waals surface area contributed by atoms with E-state index < -0.39 is 18.1 Å². The molecule has 2 unspecified atom stereocenters. The minimum atomic E-state index is -1.05. The van der Waals surface area contributed by atoms with Gasteiger partial charge in [0.15, 0.2) is 0 Å². The number of benzene rings is 2. The highest BCUT2D eigenvalue weighted by atomic mass is 16.5. The molecule has 4 rings (SSSR count). The molecule has 0 spiro atoms. The van der Waals surface area contributed by atoms with Crippen molar-refractivity contribution in [3.63, 3.8) is 0 Å². The van der Waals surface area contributed by atoms with Gasteiger partial charge in [0.25, 0.3) is 0 Å². The lowest BCUT2D eigenvalue weighted by Gasteiger charge is -2.32. The Morgan fingerprint density at radius 3 is 2.37 bits per heavy atom. The highest BCUT2D eigenvalue weighted by molar-refractivity contribution is 5.83. The molecular weight excluding hydrogens is 448 g/mol. The molecule has 2 aromatic rings. The predicted octanol–water partition coefficient (Wildman–Crippen LogP) is 3.69. The van der Waals surface area contributed by atoms with E-state index in [0.29, 0.717) is 32.5 Å². The fourth-order valence-electron chi connectivity index (χ4n) is 5.02. The standard InChI is InChI=1S/C27H32N2O6/c1-2-7-24(26(31)32)28-25(30)14-17-15-34-13-12-23(17)29-27(33)35-16-22-20-10-5-3-8-18(20)19-9-4-6-11-21(19)22/h3-6,8-11,17,22-24H,2,7,12-16H2,1H3,(H,28,30)(H,29,33)(H,31,32)/t17?,23?,24-/m1/s1. The van der Waals surface area contributed by atoms with Gasteiger partial charge in [-0.15, -0.1) is 0 Å². The number of ether oxygens (including phenoxy) is 2. The number of amides is 2. The summed E-state index contributed by atoms with van der Waals surface area (Å²) in [5, 5.41) is 14.8. The molecule has 186 valence electrons. The molecule has 3 N–H and O–H groups in total. The average Bonchev–Trinajstić information content (AvgIpc) is 3.17. The lowest BCUT2D eigenvalue weighted by molar-refractivity contribution is -0.142. The van der Waals surface area contributed by atoms with Crippen LogP contribution in [0.25, 0.3) is 11.1 Å². The van der Waals surface area contributed by atoms with Crippen LogP contribution in [0.4, 0.5) is 4.79 Å². The topological polar surface area (TPSA) is 114 Å². The van der Waals surface area contributed by atoms with Crippen LogP contribution in [0.1, 0.15) is 49.7 Å². The van der Waals surface area contributed by atoms with E-state index in [1.54, 1.807) is 0 Å². The molecule has 1 heterocycles. The van der Waals surface area contributed by atoms with Crippen molar-refractivity contribution in [3.8, 4) is 11.1 Å². The Hall–Kier alpha value is -3.39. The van der Waals surface area contributed by atoms with E-state index in [0.717, 1.165) is 22.3 Å². The fraction of sp³-hybridized carbons (Fsp3) is 0.444. The van der Waals surface area contributed by atoms with Crippen molar-refractivity contribution in [1.29, 1.82) is 0 Å². The van der Waals surface area contributed by atoms with Gasteiger partial charge in [-0.3, -0.25) is 4.79 Å². The van der Waals surface area contributed by atoms with Gasteiger partial charge in [-0.05, 0) is 35.1 Å². The number of carboxylic acids is 1. The van der Waals surface area contributed by atoms with E-state index >= 15 is 0 Å². The maximum atomic E-state index is 12.7. The monoisotopic (exact) mass is 480 g/mol. The van der Waals surface area contributed by atoms with E-state index in [2.05, 4.69) is 34.9 Å². The van der Waals surface area contributed by atoms with Crippen LogP contribution in [0.2, 0.25) is 0 Å². The summed E-state index contributed by atoms with van der Waals surface area (Å²) < 4.78 is 11.2. The summed E-state index contributed by atoms with van der Waals surface area (Å²) >= 11 is 0. The van der Waals surface area contributed by atoms with Crippen LogP contribution in [0.3, 0.4) is 0 Å². The smallest absolute Gasteiger partial charge is 0.407 e. The van der Waals surface area contributed by atoms with Gasteiger partial charge in [0.05, 0.1) is 6.61 Å². The van der Waals surface area contributed by atoms with Gasteiger partial charge in [0.1, 0.15) is 12.6 Å². The van der Waals surface area contributed by atoms with Gasteiger partial charge in [0.2, 0.25) is 5.91 Å². The van der Waals surface area contributed by atoms with Gasteiger partial charge in [-0.1, -0.05) is 61.9 Å². The maximum absolute atomic E-state index is 12.7. The van der Waals surface area contributed by atoms with E-state index in [-0.39, 0.29) is 36.8 Å². The molecule has 3 atom stereocenters. The zero-order chi connectivity index (χ0) is 24.8. The minimum absolute atomic E-state index is 0.0315. The molecule has 1 fully saturated rings. The Balaban J connectivity index is 1.34. The van der Waals surface area contributed by atoms with Crippen LogP contribution in [-0.2, 0) is 19.1 Å². The first kappa shape index (κ1) is 24.7. The first-order valence-electron chi connectivity index (χ1n) is 12.2. The lowest BCUT2D eigenvalue weighted by Crippen LogP contribution is -2.48. The third kappa shape index (κ3) is 5.82. The summed E-state index contributed by atoms with van der Waals surface area (Å²) in [6, 6.07) is 15.1. The molecule has 8 nitrogen and oxygen atoms in total. The number of carbonyl (C=O) groups excluding carboxylic acids is 2. The highest BCUT2D eigenvalue weighted by Crippen LogP contribution is 2.44. The van der Waals surface area contributed by atoms with Crippen molar-refractivity contribution >= 4 is 18.0 Å². The number of aliphatic carboxylic acids is 1. The number of carboxylic acid groups (broad SMARTS) is 1. The second kappa shape index (κ2) is 11.4. The molecule has 0 bridgehead atoms. The molecule has 1 saturated heterocycles. The highest BCUT2D eigenvalue weighted by Gasteiger charge is 2.32. The van der Waals surface area contributed by atoms with Crippen LogP contribution in [0.5, 0.6) is 0 Å². The van der Waals surface area contributed by atoms with Crippen molar-refractivity contribution in [1.82, 2.24) is 10.6 Å². The molecule has 2 aromatic carbocycles. The summed E-state index contributed by atoms with van der Waals surface area (Å²) in [4.78, 5) is 36.6. The molecule has 35 heavy (non-hydrogen) atoms. The number of alkyl carbamates (subject to hydrolysis) is 1. The summed E-state index contributed by atoms with van der Waals surface area (Å²) in [7, 11) is 0. The van der Waals surface area contributed by atoms with Crippen molar-refractivity contribution in [2.75, 3.05) is 19.8 Å². The van der Waals surface area contributed by atoms with E-state index in [4.69, 9.17) is 9.47 Å². The Labute approximate surface area is 205 Å². The van der Waals surface area contributed by atoms with Crippen LogP contribution in [0.15, 0.2) is 48.5 Å². The fourth-order valence-corrected chi connectivity index (χ4v) is 5.02. The van der Waals surface area contributed by atoms with Crippen LogP contribution in [0, 0.1) is 5.92 Å². The molecule has 8 heteroatoms. The molecule has 1 aliphatic carbocycles. The van der Waals surface area contributed by atoms with E-state index in [1.165, 1.54) is 0 Å². The Morgan fingerprint density at radius 1 is 1.09 bits per heavy atom. The molecule has 1 aliphatic heterocycles. The van der Waals surface area contributed by atoms with Crippen molar-refractivity contribution in [2.24, 2.45) is 5.92 Å². The first-order valence-corrected chi connectivity index (χ1v) is 12.2. The largest absolute Gasteiger partial charge is 0.480 e. The van der Waals surface area contributed by atoms with Gasteiger partial charge in [-0.2, -0.15) is 0 Å². The molecule has 2 amide bonds. The second-order valence-electron chi connectivity index (χ2n) is 9.15. The second-order valence-corrected chi connectivity index (χ2v) is 9.15. The molecule has 2 aliphatic rings. The third-order valence-electron chi connectivity index (χ3n) is 6.78. The lowest BCUT2D eigenvalue weighted by atomic mass is 9.92. The zero-order valence-electron chi connectivity index (χ0n) is 19.9. The number of hydrogen-bond acceptors (Lipinski definition) is 5. The van der Waals surface area contributed by atoms with Crippen LogP contribution >= 0.6 is 0 Å². The Bertz CT molecular complexity index is 1030. The van der Waals surface area contributed by atoms with Crippen molar-refractivity contribution in [2.45, 2.75) is 50.6 Å². The Morgan fingerprint density at radius 2 is 1.74 bits per heavy atom. The average molecular weight is 481 g/mol. The summed E-state index contributed by atoms with van der Waals surface area (Å²) in [5.74, 6) is -1.70. The van der Waals surface area contributed by atoms with Gasteiger partial charge >= 0.3 is 12.1 Å². The number of nitrogens with one attached hydrogen (secondary N) is 2. The minimum Gasteiger partial charge on any atom is -0.480 e. The van der Waals surface area contributed by atoms with Gasteiger partial charge in [0, 0.05) is 30.9 Å². The van der Waals surface area contributed by atoms with Crippen LogP contribution in [-0.4, -0.2) is 55.0 Å². The summed E-state index contributed by atoms with van der Waals surface area (Å²) in [5.41, 5.74) is 4.61. The van der Waals surface area contributed by atoms with Crippen molar-refractivity contribution in [3.05, 3.63) is 59.7 Å². The van der Waals surface area contributed by atoms with Crippen molar-refractivity contribution < 1.29 is 29.0 Å². The van der Waals surface area contributed by atoms with E-state index in [9.17, 15) is 19.5 Å². The third-order valence-corrected chi connectivity index (χ3v) is 6.78. The molecule has 0 radical (unpaired) electrons. The van der Waals surface area contributed by atoms with Gasteiger partial charge in [-0.25, -0.2) is 9.59 Å². The van der Waals surface area contributed by atoms with Crippen LogP contribution < -0.4 is 10.6 Å². The van der Waals surface area contributed by atoms with Gasteiger partial charge < -0.3 is 25.2 Å². The molecular formula is C27H32N2O6.